The van der Waals surface area contributed by atoms with Crippen molar-refractivity contribution in [2.24, 2.45) is 29.1 Å². The summed E-state index contributed by atoms with van der Waals surface area (Å²) in [5, 5.41) is 3.95. The third kappa shape index (κ3) is 5.32. The maximum atomic E-state index is 13.4. The Balaban J connectivity index is 0.00000274. The first kappa shape index (κ1) is 25.5. The third-order valence-electron chi connectivity index (χ3n) is 9.10. The number of rotatable bonds is 6. The van der Waals surface area contributed by atoms with Gasteiger partial charge in [-0.2, -0.15) is 0 Å². The molecule has 0 spiro atoms. The molecule has 1 heterocycles. The van der Waals surface area contributed by atoms with E-state index in [9.17, 15) is 9.59 Å². The molecule has 5 heteroatoms. The van der Waals surface area contributed by atoms with Crippen LogP contribution in [0.2, 0.25) is 5.02 Å². The second-order valence-electron chi connectivity index (χ2n) is 12.0. The fourth-order valence-electron chi connectivity index (χ4n) is 7.95. The summed E-state index contributed by atoms with van der Waals surface area (Å²) in [4.78, 5) is 28.6. The van der Waals surface area contributed by atoms with Gasteiger partial charge >= 0.3 is 0 Å². The van der Waals surface area contributed by atoms with Crippen LogP contribution in [0.15, 0.2) is 24.3 Å². The van der Waals surface area contributed by atoms with E-state index in [4.69, 9.17) is 11.6 Å². The molecule has 1 aliphatic heterocycles. The fraction of sp³-hybridized carbons (Fsp3) is 0.724. The van der Waals surface area contributed by atoms with Crippen LogP contribution in [0.25, 0.3) is 0 Å². The van der Waals surface area contributed by atoms with Gasteiger partial charge in [0.25, 0.3) is 0 Å². The number of hydrogen-bond acceptors (Lipinski definition) is 2. The summed E-state index contributed by atoms with van der Waals surface area (Å²) in [6.07, 6.45) is 10.4. The van der Waals surface area contributed by atoms with Gasteiger partial charge in [0.05, 0.1) is 0 Å². The molecule has 1 saturated heterocycles. The second kappa shape index (κ2) is 10.2. The van der Waals surface area contributed by atoms with Crippen LogP contribution in [0.4, 0.5) is 0 Å². The van der Waals surface area contributed by atoms with Gasteiger partial charge in [0, 0.05) is 24.5 Å². The fourth-order valence-corrected chi connectivity index (χ4v) is 8.08. The Morgan fingerprint density at radius 2 is 1.53 bits per heavy atom. The van der Waals surface area contributed by atoms with Crippen LogP contribution in [-0.2, 0) is 9.59 Å². The highest BCUT2D eigenvalue weighted by molar-refractivity contribution is 6.30. The molecule has 2 amide bonds. The Morgan fingerprint density at radius 3 is 2.03 bits per heavy atom. The van der Waals surface area contributed by atoms with Gasteiger partial charge in [0.2, 0.25) is 11.8 Å². The standard InChI is InChI=1S/C28H39ClN2O2.CH4/c1-18(2)26(27(33)31-9-7-23(8-10-31)22-3-5-24(29)6-4-22)30-25(32)17-28-14-19-11-20(15-28)13-21(12-19)16-28;/h3-6,18-21,23,26H,7-17H2,1-2H3,(H,30,32);1H4/t19?,20?,21?,26-,28?;/m1./s1. The molecule has 4 saturated carbocycles. The van der Waals surface area contributed by atoms with Gasteiger partial charge < -0.3 is 10.2 Å². The normalized spacial score (nSPS) is 31.3. The van der Waals surface area contributed by atoms with Crippen LogP contribution in [0, 0.1) is 29.1 Å². The van der Waals surface area contributed by atoms with E-state index in [0.29, 0.717) is 12.3 Å². The summed E-state index contributed by atoms with van der Waals surface area (Å²) in [6.45, 7) is 5.60. The molecule has 4 bridgehead atoms. The molecule has 1 N–H and O–H groups in total. The number of nitrogens with one attached hydrogen (secondary N) is 1. The van der Waals surface area contributed by atoms with Gasteiger partial charge in [-0.25, -0.2) is 0 Å². The third-order valence-corrected chi connectivity index (χ3v) is 9.35. The summed E-state index contributed by atoms with van der Waals surface area (Å²) in [5.41, 5.74) is 1.51. The van der Waals surface area contributed by atoms with Crippen molar-refractivity contribution in [1.82, 2.24) is 10.2 Å². The van der Waals surface area contributed by atoms with E-state index in [1.807, 2.05) is 30.9 Å². The quantitative estimate of drug-likeness (QED) is 0.503. The van der Waals surface area contributed by atoms with Gasteiger partial charge in [-0.15, -0.1) is 0 Å². The summed E-state index contributed by atoms with van der Waals surface area (Å²) < 4.78 is 0. The predicted octanol–water partition coefficient (Wildman–Crippen LogP) is 6.43. The van der Waals surface area contributed by atoms with E-state index in [0.717, 1.165) is 48.7 Å². The Morgan fingerprint density at radius 1 is 1.00 bits per heavy atom. The molecule has 0 radical (unpaired) electrons. The molecular formula is C29H43ClN2O2. The maximum Gasteiger partial charge on any atom is 0.245 e. The number of amides is 2. The summed E-state index contributed by atoms with van der Waals surface area (Å²) in [5.74, 6) is 3.27. The number of halogens is 1. The molecule has 4 aliphatic carbocycles. The zero-order chi connectivity index (χ0) is 23.2. The molecule has 0 unspecified atom stereocenters. The molecule has 34 heavy (non-hydrogen) atoms. The topological polar surface area (TPSA) is 49.4 Å². The van der Waals surface area contributed by atoms with E-state index in [1.165, 1.54) is 44.1 Å². The smallest absolute Gasteiger partial charge is 0.245 e. The van der Waals surface area contributed by atoms with Crippen molar-refractivity contribution in [3.05, 3.63) is 34.9 Å². The van der Waals surface area contributed by atoms with Crippen molar-refractivity contribution in [3.63, 3.8) is 0 Å². The summed E-state index contributed by atoms with van der Waals surface area (Å²) >= 11 is 6.03. The van der Waals surface area contributed by atoms with Crippen molar-refractivity contribution in [2.45, 2.75) is 91.0 Å². The van der Waals surface area contributed by atoms with E-state index in [1.54, 1.807) is 0 Å². The molecule has 1 aromatic rings. The van der Waals surface area contributed by atoms with E-state index < -0.39 is 6.04 Å². The highest BCUT2D eigenvalue weighted by atomic mass is 35.5. The van der Waals surface area contributed by atoms with Gasteiger partial charge in [0.1, 0.15) is 6.04 Å². The Bertz CT molecular complexity index is 837. The van der Waals surface area contributed by atoms with Crippen LogP contribution in [0.5, 0.6) is 0 Å². The van der Waals surface area contributed by atoms with Crippen molar-refractivity contribution in [3.8, 4) is 0 Å². The van der Waals surface area contributed by atoms with Gasteiger partial charge in [-0.1, -0.05) is 45.0 Å². The van der Waals surface area contributed by atoms with Gasteiger partial charge in [-0.05, 0) is 104 Å². The molecular weight excluding hydrogens is 444 g/mol. The first-order chi connectivity index (χ1) is 15.8. The second-order valence-corrected chi connectivity index (χ2v) is 12.5. The summed E-state index contributed by atoms with van der Waals surface area (Å²) in [6, 6.07) is 7.68. The van der Waals surface area contributed by atoms with Gasteiger partial charge in [-0.3, -0.25) is 9.59 Å². The van der Waals surface area contributed by atoms with E-state index in [-0.39, 0.29) is 30.6 Å². The molecule has 5 aliphatic rings. The van der Waals surface area contributed by atoms with Crippen molar-refractivity contribution < 1.29 is 9.59 Å². The molecule has 5 fully saturated rings. The number of nitrogens with zero attached hydrogens (tertiary/aromatic N) is 1. The summed E-state index contributed by atoms with van der Waals surface area (Å²) in [7, 11) is 0. The molecule has 6 rings (SSSR count). The lowest BCUT2D eigenvalue weighted by molar-refractivity contribution is -0.140. The Labute approximate surface area is 211 Å². The lowest BCUT2D eigenvalue weighted by Gasteiger charge is -2.56. The van der Waals surface area contributed by atoms with Crippen molar-refractivity contribution in [2.75, 3.05) is 13.1 Å². The minimum Gasteiger partial charge on any atom is -0.344 e. The Kier molecular flexibility index (Phi) is 7.67. The van der Waals surface area contributed by atoms with Crippen molar-refractivity contribution >= 4 is 23.4 Å². The van der Waals surface area contributed by atoms with Crippen LogP contribution in [-0.4, -0.2) is 35.8 Å². The molecule has 4 nitrogen and oxygen atoms in total. The molecule has 188 valence electrons. The van der Waals surface area contributed by atoms with Gasteiger partial charge in [0.15, 0.2) is 0 Å². The van der Waals surface area contributed by atoms with Crippen LogP contribution >= 0.6 is 11.6 Å². The largest absolute Gasteiger partial charge is 0.344 e. The number of carbonyl (C=O) groups is 2. The van der Waals surface area contributed by atoms with E-state index >= 15 is 0 Å². The number of likely N-dealkylation sites (tertiary alicyclic amines) is 1. The number of hydrogen-bond donors (Lipinski definition) is 1. The van der Waals surface area contributed by atoms with Crippen LogP contribution in [0.1, 0.15) is 90.5 Å². The minimum atomic E-state index is -0.418. The van der Waals surface area contributed by atoms with Crippen molar-refractivity contribution in [1.29, 1.82) is 0 Å². The lowest BCUT2D eigenvalue weighted by atomic mass is 9.49. The van der Waals surface area contributed by atoms with E-state index in [2.05, 4.69) is 17.4 Å². The zero-order valence-corrected chi connectivity index (χ0v) is 20.9. The highest BCUT2D eigenvalue weighted by Gasteiger charge is 2.51. The molecule has 1 atom stereocenters. The first-order valence-corrected chi connectivity index (χ1v) is 13.5. The number of carbonyl (C=O) groups excluding carboxylic acids is 2. The predicted molar refractivity (Wildman–Crippen MR) is 139 cm³/mol. The Hall–Kier alpha value is -1.55. The SMILES string of the molecule is C.CC(C)[C@@H](NC(=O)CC12CC3CC(CC(C3)C1)C2)C(=O)N1CCC(c2ccc(Cl)cc2)CC1. The van der Waals surface area contributed by atoms with Crippen LogP contribution < -0.4 is 5.32 Å². The van der Waals surface area contributed by atoms with Crippen LogP contribution in [0.3, 0.4) is 0 Å². The first-order valence-electron chi connectivity index (χ1n) is 13.1. The maximum absolute atomic E-state index is 13.4. The molecule has 0 aromatic heterocycles. The molecule has 1 aromatic carbocycles. The minimum absolute atomic E-state index is 0. The number of piperidine rings is 1. The highest BCUT2D eigenvalue weighted by Crippen LogP contribution is 2.61. The average molecular weight is 487 g/mol. The lowest BCUT2D eigenvalue weighted by Crippen LogP contribution is -2.54. The zero-order valence-electron chi connectivity index (χ0n) is 20.2. The monoisotopic (exact) mass is 486 g/mol. The average Bonchev–Trinajstić information content (AvgIpc) is 2.76. The number of benzene rings is 1.